The van der Waals surface area contributed by atoms with E-state index in [2.05, 4.69) is 4.74 Å². The number of alkyl halides is 2. The molecule has 0 spiro atoms. The predicted octanol–water partition coefficient (Wildman–Crippen LogP) is 1.98. The van der Waals surface area contributed by atoms with Gasteiger partial charge in [0.15, 0.2) is 0 Å². The van der Waals surface area contributed by atoms with E-state index in [-0.39, 0.29) is 6.61 Å². The van der Waals surface area contributed by atoms with E-state index >= 15 is 0 Å². The minimum Gasteiger partial charge on any atom is -0.461 e. The summed E-state index contributed by atoms with van der Waals surface area (Å²) in [7, 11) is 0. The standard InChI is InChI=1S/C7H12F2O2/c1-2-3-4-5-11-7(10)6(8)9/h6H,2-5H2,1H3. The Morgan fingerprint density at radius 2 is 2.09 bits per heavy atom. The van der Waals surface area contributed by atoms with E-state index in [1.54, 1.807) is 0 Å². The van der Waals surface area contributed by atoms with E-state index in [1.165, 1.54) is 0 Å². The van der Waals surface area contributed by atoms with E-state index in [0.29, 0.717) is 6.42 Å². The van der Waals surface area contributed by atoms with E-state index in [0.717, 1.165) is 12.8 Å². The molecule has 0 saturated carbocycles. The topological polar surface area (TPSA) is 26.3 Å². The van der Waals surface area contributed by atoms with Crippen LogP contribution in [0.15, 0.2) is 0 Å². The Morgan fingerprint density at radius 1 is 1.45 bits per heavy atom. The van der Waals surface area contributed by atoms with E-state index in [9.17, 15) is 13.6 Å². The summed E-state index contributed by atoms with van der Waals surface area (Å²) in [5, 5.41) is 0. The largest absolute Gasteiger partial charge is 0.461 e. The number of hydrogen-bond donors (Lipinski definition) is 0. The van der Waals surface area contributed by atoms with E-state index in [4.69, 9.17) is 0 Å². The molecular formula is C7H12F2O2. The summed E-state index contributed by atoms with van der Waals surface area (Å²) in [6, 6.07) is 0. The Hall–Kier alpha value is -0.670. The van der Waals surface area contributed by atoms with Crippen LogP contribution in [-0.4, -0.2) is 19.0 Å². The molecule has 0 N–H and O–H groups in total. The van der Waals surface area contributed by atoms with Crippen LogP contribution in [0.3, 0.4) is 0 Å². The molecular weight excluding hydrogens is 154 g/mol. The molecule has 0 unspecified atom stereocenters. The Labute approximate surface area is 64.5 Å². The molecule has 11 heavy (non-hydrogen) atoms. The number of hydrogen-bond acceptors (Lipinski definition) is 2. The first-order valence-electron chi connectivity index (χ1n) is 3.63. The molecule has 4 heteroatoms. The van der Waals surface area contributed by atoms with Gasteiger partial charge < -0.3 is 4.74 Å². The summed E-state index contributed by atoms with van der Waals surface area (Å²) in [5.74, 6) is -1.42. The molecule has 66 valence electrons. The highest BCUT2D eigenvalue weighted by atomic mass is 19.3. The summed E-state index contributed by atoms with van der Waals surface area (Å²) >= 11 is 0. The lowest BCUT2D eigenvalue weighted by Gasteiger charge is -2.01. The monoisotopic (exact) mass is 166 g/mol. The average molecular weight is 166 g/mol. The fourth-order valence-electron chi connectivity index (χ4n) is 0.588. The Balaban J connectivity index is 3.18. The lowest BCUT2D eigenvalue weighted by molar-refractivity contribution is -0.156. The summed E-state index contributed by atoms with van der Waals surface area (Å²) in [6.45, 7) is 2.09. The quantitative estimate of drug-likeness (QED) is 0.461. The second-order valence-corrected chi connectivity index (χ2v) is 2.18. The van der Waals surface area contributed by atoms with Crippen molar-refractivity contribution in [3.63, 3.8) is 0 Å². The highest BCUT2D eigenvalue weighted by Gasteiger charge is 2.15. The maximum atomic E-state index is 11.5. The van der Waals surface area contributed by atoms with Crippen molar-refractivity contribution >= 4 is 5.97 Å². The molecule has 0 aliphatic heterocycles. The molecule has 0 heterocycles. The van der Waals surface area contributed by atoms with Crippen molar-refractivity contribution < 1.29 is 18.3 Å². The van der Waals surface area contributed by atoms with Crippen molar-refractivity contribution in [3.05, 3.63) is 0 Å². The number of ether oxygens (including phenoxy) is 1. The average Bonchev–Trinajstić information content (AvgIpc) is 1.97. The summed E-state index contributed by atoms with van der Waals surface area (Å²) < 4.78 is 27.1. The van der Waals surface area contributed by atoms with Gasteiger partial charge in [-0.15, -0.1) is 0 Å². The van der Waals surface area contributed by atoms with Gasteiger partial charge in [-0.2, -0.15) is 8.78 Å². The third-order valence-electron chi connectivity index (χ3n) is 1.17. The van der Waals surface area contributed by atoms with Crippen LogP contribution < -0.4 is 0 Å². The van der Waals surface area contributed by atoms with Crippen LogP contribution in [0.25, 0.3) is 0 Å². The Kier molecular flexibility index (Phi) is 5.70. The zero-order chi connectivity index (χ0) is 8.69. The van der Waals surface area contributed by atoms with Gasteiger partial charge in [-0.25, -0.2) is 4.79 Å². The minimum atomic E-state index is -2.99. The number of unbranched alkanes of at least 4 members (excludes halogenated alkanes) is 2. The van der Waals surface area contributed by atoms with Crippen molar-refractivity contribution in [3.8, 4) is 0 Å². The first-order chi connectivity index (χ1) is 5.18. The highest BCUT2D eigenvalue weighted by Crippen LogP contribution is 1.99. The second-order valence-electron chi connectivity index (χ2n) is 2.18. The molecule has 0 amide bonds. The van der Waals surface area contributed by atoms with Gasteiger partial charge in [0.2, 0.25) is 0 Å². The van der Waals surface area contributed by atoms with Gasteiger partial charge in [-0.3, -0.25) is 0 Å². The number of carbonyl (C=O) groups is 1. The van der Waals surface area contributed by atoms with Crippen LogP contribution in [0, 0.1) is 0 Å². The van der Waals surface area contributed by atoms with Crippen LogP contribution in [0.4, 0.5) is 8.78 Å². The summed E-state index contributed by atoms with van der Waals surface area (Å²) in [5.41, 5.74) is 0. The predicted molar refractivity (Wildman–Crippen MR) is 36.5 cm³/mol. The fourth-order valence-corrected chi connectivity index (χ4v) is 0.588. The highest BCUT2D eigenvalue weighted by molar-refractivity contribution is 5.72. The van der Waals surface area contributed by atoms with Crippen LogP contribution in [0.1, 0.15) is 26.2 Å². The van der Waals surface area contributed by atoms with Gasteiger partial charge in [-0.1, -0.05) is 19.8 Å². The first-order valence-corrected chi connectivity index (χ1v) is 3.63. The van der Waals surface area contributed by atoms with Gasteiger partial charge in [0, 0.05) is 0 Å². The molecule has 0 saturated heterocycles. The van der Waals surface area contributed by atoms with Crippen LogP contribution in [-0.2, 0) is 9.53 Å². The lowest BCUT2D eigenvalue weighted by atomic mass is 10.3. The number of esters is 1. The van der Waals surface area contributed by atoms with Gasteiger partial charge in [0.25, 0.3) is 0 Å². The SMILES string of the molecule is CCCCCOC(=O)C(F)F. The fraction of sp³-hybridized carbons (Fsp3) is 0.857. The molecule has 0 fully saturated rings. The molecule has 0 atom stereocenters. The second kappa shape index (κ2) is 6.07. The van der Waals surface area contributed by atoms with Crippen molar-refractivity contribution in [1.82, 2.24) is 0 Å². The number of carbonyl (C=O) groups excluding carboxylic acids is 1. The van der Waals surface area contributed by atoms with Gasteiger partial charge in [-0.05, 0) is 6.42 Å². The normalized spacial score (nSPS) is 10.2. The maximum absolute atomic E-state index is 11.5. The third-order valence-corrected chi connectivity index (χ3v) is 1.17. The van der Waals surface area contributed by atoms with Crippen molar-refractivity contribution in [1.29, 1.82) is 0 Å². The van der Waals surface area contributed by atoms with Crippen LogP contribution in [0.2, 0.25) is 0 Å². The maximum Gasteiger partial charge on any atom is 0.373 e. The molecule has 0 rings (SSSR count). The minimum absolute atomic E-state index is 0.108. The lowest BCUT2D eigenvalue weighted by Crippen LogP contribution is -2.14. The Morgan fingerprint density at radius 3 is 2.55 bits per heavy atom. The molecule has 0 aliphatic carbocycles. The van der Waals surface area contributed by atoms with Gasteiger partial charge in [0.1, 0.15) is 0 Å². The first kappa shape index (κ1) is 10.3. The number of rotatable bonds is 5. The molecule has 2 nitrogen and oxygen atoms in total. The molecule has 0 radical (unpaired) electrons. The molecule has 0 aromatic heterocycles. The zero-order valence-electron chi connectivity index (χ0n) is 6.48. The molecule has 0 aromatic carbocycles. The Bertz CT molecular complexity index is 115. The molecule has 0 aromatic rings. The smallest absolute Gasteiger partial charge is 0.373 e. The zero-order valence-corrected chi connectivity index (χ0v) is 6.48. The van der Waals surface area contributed by atoms with Crippen molar-refractivity contribution in [2.45, 2.75) is 32.6 Å². The summed E-state index contributed by atoms with van der Waals surface area (Å²) in [6.07, 6.45) is -0.450. The molecule has 0 bridgehead atoms. The van der Waals surface area contributed by atoms with E-state index in [1.807, 2.05) is 6.92 Å². The van der Waals surface area contributed by atoms with Gasteiger partial charge in [0.05, 0.1) is 6.61 Å². The van der Waals surface area contributed by atoms with Crippen molar-refractivity contribution in [2.75, 3.05) is 6.61 Å². The number of halogens is 2. The summed E-state index contributed by atoms with van der Waals surface area (Å²) in [4.78, 5) is 10.1. The van der Waals surface area contributed by atoms with Gasteiger partial charge >= 0.3 is 12.4 Å². The van der Waals surface area contributed by atoms with Crippen LogP contribution in [0.5, 0.6) is 0 Å². The molecule has 0 aliphatic rings. The van der Waals surface area contributed by atoms with E-state index < -0.39 is 12.4 Å². The third kappa shape index (κ3) is 5.76. The van der Waals surface area contributed by atoms with Crippen LogP contribution >= 0.6 is 0 Å². The van der Waals surface area contributed by atoms with Crippen molar-refractivity contribution in [2.24, 2.45) is 0 Å².